The van der Waals surface area contributed by atoms with Gasteiger partial charge < -0.3 is 9.64 Å². The number of aldehydes is 1. The highest BCUT2D eigenvalue weighted by Gasteiger charge is 2.45. The highest BCUT2D eigenvalue weighted by molar-refractivity contribution is 5.86. The number of benzene rings is 1. The first-order chi connectivity index (χ1) is 10.2. The molecule has 6 nitrogen and oxygen atoms in total. The molecule has 1 aliphatic heterocycles. The smallest absolute Gasteiger partial charge is 0.365 e. The molecule has 0 N–H and O–H groups in total. The summed E-state index contributed by atoms with van der Waals surface area (Å²) >= 11 is 0. The first-order valence-electron chi connectivity index (χ1n) is 6.43. The number of halogens is 3. The Bertz CT molecular complexity index is 591. The van der Waals surface area contributed by atoms with E-state index < -0.39 is 29.9 Å². The predicted octanol–water partition coefficient (Wildman–Crippen LogP) is 2.56. The Balaban J connectivity index is 2.34. The summed E-state index contributed by atoms with van der Waals surface area (Å²) in [7, 11) is 0. The van der Waals surface area contributed by atoms with Crippen molar-refractivity contribution in [1.82, 2.24) is 0 Å². The fraction of sp³-hybridized carbons (Fsp3) is 0.462. The van der Waals surface area contributed by atoms with Gasteiger partial charge in [0.1, 0.15) is 0 Å². The number of nitro groups is 1. The third-order valence-corrected chi connectivity index (χ3v) is 3.31. The molecule has 0 radical (unpaired) electrons. The van der Waals surface area contributed by atoms with Crippen molar-refractivity contribution >= 4 is 17.7 Å². The molecule has 9 heteroatoms. The van der Waals surface area contributed by atoms with Crippen LogP contribution in [0.1, 0.15) is 17.3 Å². The van der Waals surface area contributed by atoms with Crippen LogP contribution in [0.3, 0.4) is 0 Å². The van der Waals surface area contributed by atoms with Gasteiger partial charge in [-0.2, -0.15) is 13.2 Å². The lowest BCUT2D eigenvalue weighted by molar-refractivity contribution is -0.384. The molecule has 2 atom stereocenters. The van der Waals surface area contributed by atoms with Gasteiger partial charge in [0.15, 0.2) is 12.4 Å². The number of nitro benzene ring substituents is 1. The minimum absolute atomic E-state index is 0.0239. The van der Waals surface area contributed by atoms with Crippen LogP contribution in [0.25, 0.3) is 0 Å². The van der Waals surface area contributed by atoms with Crippen LogP contribution in [0, 0.1) is 10.1 Å². The number of anilines is 1. The number of alkyl halides is 3. The Hall–Kier alpha value is -2.16. The molecule has 0 spiro atoms. The molecule has 0 aromatic heterocycles. The number of non-ortho nitro benzene ring substituents is 1. The van der Waals surface area contributed by atoms with E-state index in [9.17, 15) is 28.1 Å². The summed E-state index contributed by atoms with van der Waals surface area (Å²) in [6.45, 7) is 1.19. The Labute approximate surface area is 123 Å². The summed E-state index contributed by atoms with van der Waals surface area (Å²) in [5.74, 6) is 0. The summed E-state index contributed by atoms with van der Waals surface area (Å²) < 4.78 is 43.4. The summed E-state index contributed by atoms with van der Waals surface area (Å²) in [4.78, 5) is 22.5. The first-order valence-corrected chi connectivity index (χ1v) is 6.43. The summed E-state index contributed by atoms with van der Waals surface area (Å²) in [5, 5.41) is 10.7. The maximum absolute atomic E-state index is 12.8. The van der Waals surface area contributed by atoms with Crippen LogP contribution in [0.2, 0.25) is 0 Å². The van der Waals surface area contributed by atoms with Crippen molar-refractivity contribution in [3.05, 3.63) is 33.9 Å². The standard InChI is InChI=1S/C13H13F3N2O4/c1-8-5-17(6-12(22-8)13(14,15)16)11-3-2-10(18(20)21)4-9(11)7-19/h2-4,7-8,12H,5-6H2,1H3. The molecule has 0 saturated carbocycles. The van der Waals surface area contributed by atoms with Crippen LogP contribution in [-0.4, -0.2) is 42.7 Å². The number of rotatable bonds is 3. The molecule has 1 saturated heterocycles. The molecule has 2 rings (SSSR count). The average Bonchev–Trinajstić information content (AvgIpc) is 2.44. The number of carbonyl (C=O) groups excluding carboxylic acids is 1. The fourth-order valence-electron chi connectivity index (χ4n) is 2.37. The van der Waals surface area contributed by atoms with E-state index in [0.29, 0.717) is 6.29 Å². The van der Waals surface area contributed by atoms with Gasteiger partial charge in [0.05, 0.1) is 17.6 Å². The molecule has 0 aliphatic carbocycles. The molecule has 0 bridgehead atoms. The lowest BCUT2D eigenvalue weighted by atomic mass is 10.1. The minimum atomic E-state index is -4.52. The highest BCUT2D eigenvalue weighted by Crippen LogP contribution is 2.32. The maximum Gasteiger partial charge on any atom is 0.416 e. The van der Waals surface area contributed by atoms with Crippen LogP contribution in [-0.2, 0) is 4.74 Å². The second kappa shape index (κ2) is 5.91. The average molecular weight is 318 g/mol. The number of hydrogen-bond donors (Lipinski definition) is 0. The van der Waals surface area contributed by atoms with Crippen molar-refractivity contribution < 1.29 is 27.6 Å². The number of hydrogen-bond acceptors (Lipinski definition) is 5. The molecule has 22 heavy (non-hydrogen) atoms. The molecule has 1 fully saturated rings. The molecule has 1 heterocycles. The van der Waals surface area contributed by atoms with Crippen molar-refractivity contribution in [2.45, 2.75) is 25.3 Å². The van der Waals surface area contributed by atoms with E-state index in [1.165, 1.54) is 17.9 Å². The van der Waals surface area contributed by atoms with Crippen molar-refractivity contribution in [2.24, 2.45) is 0 Å². The van der Waals surface area contributed by atoms with Crippen molar-refractivity contribution in [1.29, 1.82) is 0 Å². The van der Waals surface area contributed by atoms with Crippen LogP contribution in [0.15, 0.2) is 18.2 Å². The van der Waals surface area contributed by atoms with Gasteiger partial charge in [0.2, 0.25) is 0 Å². The van der Waals surface area contributed by atoms with E-state index in [4.69, 9.17) is 4.74 Å². The summed E-state index contributed by atoms with van der Waals surface area (Å²) in [5.41, 5.74) is -0.0891. The molecular formula is C13H13F3N2O4. The zero-order chi connectivity index (χ0) is 16.5. The molecule has 1 aromatic rings. The Kier molecular flexibility index (Phi) is 4.36. The fourth-order valence-corrected chi connectivity index (χ4v) is 2.37. The number of morpholine rings is 1. The van der Waals surface area contributed by atoms with Gasteiger partial charge in [-0.3, -0.25) is 14.9 Å². The van der Waals surface area contributed by atoms with E-state index in [-0.39, 0.29) is 23.5 Å². The number of carbonyl (C=O) groups is 1. The highest BCUT2D eigenvalue weighted by atomic mass is 19.4. The van der Waals surface area contributed by atoms with Gasteiger partial charge in [-0.15, -0.1) is 0 Å². The van der Waals surface area contributed by atoms with Gasteiger partial charge in [-0.05, 0) is 13.0 Å². The van der Waals surface area contributed by atoms with Crippen molar-refractivity contribution in [3.8, 4) is 0 Å². The molecule has 120 valence electrons. The maximum atomic E-state index is 12.8. The van der Waals surface area contributed by atoms with E-state index in [2.05, 4.69) is 0 Å². The second-order valence-corrected chi connectivity index (χ2v) is 5.00. The second-order valence-electron chi connectivity index (χ2n) is 5.00. The molecule has 0 amide bonds. The molecule has 1 aliphatic rings. The van der Waals surface area contributed by atoms with Gasteiger partial charge in [-0.25, -0.2) is 0 Å². The van der Waals surface area contributed by atoms with E-state index in [1.54, 1.807) is 0 Å². The lowest BCUT2D eigenvalue weighted by Crippen LogP contribution is -2.52. The summed E-state index contributed by atoms with van der Waals surface area (Å²) in [6, 6.07) is 3.49. The van der Waals surface area contributed by atoms with Crippen molar-refractivity contribution in [3.63, 3.8) is 0 Å². The van der Waals surface area contributed by atoms with E-state index in [1.807, 2.05) is 0 Å². The predicted molar refractivity (Wildman–Crippen MR) is 71.1 cm³/mol. The zero-order valence-electron chi connectivity index (χ0n) is 11.5. The molecule has 2 unspecified atom stereocenters. The Morgan fingerprint density at radius 2 is 2.09 bits per heavy atom. The van der Waals surface area contributed by atoms with E-state index >= 15 is 0 Å². The van der Waals surface area contributed by atoms with Gasteiger partial charge in [0, 0.05) is 29.9 Å². The number of nitrogens with zero attached hydrogens (tertiary/aromatic N) is 2. The van der Waals surface area contributed by atoms with E-state index in [0.717, 1.165) is 12.1 Å². The van der Waals surface area contributed by atoms with Gasteiger partial charge in [-0.1, -0.05) is 0 Å². The van der Waals surface area contributed by atoms with Crippen LogP contribution < -0.4 is 4.90 Å². The monoisotopic (exact) mass is 318 g/mol. The minimum Gasteiger partial charge on any atom is -0.365 e. The topological polar surface area (TPSA) is 72.7 Å². The third kappa shape index (κ3) is 3.35. The first kappa shape index (κ1) is 16.2. The normalized spacial score (nSPS) is 22.5. The third-order valence-electron chi connectivity index (χ3n) is 3.31. The van der Waals surface area contributed by atoms with Crippen LogP contribution in [0.5, 0.6) is 0 Å². The zero-order valence-corrected chi connectivity index (χ0v) is 11.5. The largest absolute Gasteiger partial charge is 0.416 e. The summed E-state index contributed by atoms with van der Waals surface area (Å²) in [6.07, 6.45) is -6.78. The van der Waals surface area contributed by atoms with Crippen LogP contribution >= 0.6 is 0 Å². The Morgan fingerprint density at radius 1 is 1.41 bits per heavy atom. The van der Waals surface area contributed by atoms with Gasteiger partial charge in [0.25, 0.3) is 5.69 Å². The number of ether oxygens (including phenoxy) is 1. The molecule has 1 aromatic carbocycles. The molecular weight excluding hydrogens is 305 g/mol. The quantitative estimate of drug-likeness (QED) is 0.486. The Morgan fingerprint density at radius 3 is 2.64 bits per heavy atom. The van der Waals surface area contributed by atoms with Gasteiger partial charge >= 0.3 is 6.18 Å². The SMILES string of the molecule is CC1CN(c2ccc([N+](=O)[O-])cc2C=O)CC(C(F)(F)F)O1. The van der Waals surface area contributed by atoms with Crippen LogP contribution in [0.4, 0.5) is 24.5 Å². The van der Waals surface area contributed by atoms with Crippen molar-refractivity contribution in [2.75, 3.05) is 18.0 Å². The lowest BCUT2D eigenvalue weighted by Gasteiger charge is -2.39.